The topological polar surface area (TPSA) is 50.4 Å². The van der Waals surface area contributed by atoms with E-state index in [4.69, 9.17) is 4.74 Å². The molecule has 0 atom stereocenters. The lowest BCUT2D eigenvalue weighted by Crippen LogP contribution is -2.20. The molecule has 0 aliphatic heterocycles. The van der Waals surface area contributed by atoms with Crippen molar-refractivity contribution in [3.63, 3.8) is 0 Å². The zero-order chi connectivity index (χ0) is 19.1. The van der Waals surface area contributed by atoms with Crippen LogP contribution < -0.4 is 15.4 Å². The van der Waals surface area contributed by atoms with Crippen molar-refractivity contribution in [3.05, 3.63) is 89.7 Å². The van der Waals surface area contributed by atoms with Crippen LogP contribution >= 0.6 is 0 Å². The first-order chi connectivity index (χ1) is 13.1. The Morgan fingerprint density at radius 1 is 0.926 bits per heavy atom. The highest BCUT2D eigenvalue weighted by molar-refractivity contribution is 5.91. The number of aryl methyl sites for hydroxylation is 1. The molecule has 0 aliphatic carbocycles. The summed E-state index contributed by atoms with van der Waals surface area (Å²) in [5, 5.41) is 6.02. The summed E-state index contributed by atoms with van der Waals surface area (Å²) in [4.78, 5) is 12.1. The molecule has 0 aliphatic rings. The Morgan fingerprint density at radius 2 is 1.59 bits per heavy atom. The molecule has 0 heterocycles. The van der Waals surface area contributed by atoms with E-state index in [9.17, 15) is 9.18 Å². The average molecular weight is 364 g/mol. The van der Waals surface area contributed by atoms with Gasteiger partial charge in [-0.2, -0.15) is 0 Å². The molecular weight excluding hydrogens is 343 g/mol. The van der Waals surface area contributed by atoms with E-state index in [0.717, 1.165) is 22.5 Å². The van der Waals surface area contributed by atoms with Crippen molar-refractivity contribution < 1.29 is 13.9 Å². The van der Waals surface area contributed by atoms with E-state index in [1.807, 2.05) is 55.5 Å². The second kappa shape index (κ2) is 8.85. The highest BCUT2D eigenvalue weighted by atomic mass is 19.1. The van der Waals surface area contributed by atoms with Gasteiger partial charge in [0, 0.05) is 23.5 Å². The zero-order valence-corrected chi connectivity index (χ0v) is 15.0. The Morgan fingerprint density at radius 3 is 2.33 bits per heavy atom. The lowest BCUT2D eigenvalue weighted by molar-refractivity contribution is -0.118. The molecule has 2 N–H and O–H groups in total. The van der Waals surface area contributed by atoms with Gasteiger partial charge in [-0.25, -0.2) is 4.39 Å². The molecule has 138 valence electrons. The number of carbonyl (C=O) groups is 1. The Labute approximate surface area is 158 Å². The van der Waals surface area contributed by atoms with Crippen LogP contribution in [0.5, 0.6) is 5.75 Å². The first-order valence-corrected chi connectivity index (χ1v) is 8.67. The van der Waals surface area contributed by atoms with E-state index < -0.39 is 0 Å². The number of hydrogen-bond donors (Lipinski definition) is 2. The molecule has 4 nitrogen and oxygen atoms in total. The minimum atomic E-state index is -0.274. The number of rotatable bonds is 7. The molecule has 0 unspecified atom stereocenters. The summed E-state index contributed by atoms with van der Waals surface area (Å²) in [6.45, 7) is 2.41. The maximum Gasteiger partial charge on any atom is 0.262 e. The van der Waals surface area contributed by atoms with Crippen LogP contribution in [0.4, 0.5) is 15.8 Å². The summed E-state index contributed by atoms with van der Waals surface area (Å²) < 4.78 is 18.7. The molecule has 0 saturated heterocycles. The molecule has 0 spiro atoms. The van der Waals surface area contributed by atoms with Crippen molar-refractivity contribution in [2.45, 2.75) is 13.5 Å². The number of hydrogen-bond acceptors (Lipinski definition) is 3. The number of nitrogens with one attached hydrogen (secondary N) is 2. The monoisotopic (exact) mass is 364 g/mol. The molecule has 5 heteroatoms. The summed E-state index contributed by atoms with van der Waals surface area (Å²) in [5.74, 6) is 0.134. The van der Waals surface area contributed by atoms with Crippen LogP contribution in [0.15, 0.2) is 72.8 Å². The first-order valence-electron chi connectivity index (χ1n) is 8.67. The zero-order valence-electron chi connectivity index (χ0n) is 15.0. The summed E-state index contributed by atoms with van der Waals surface area (Å²) >= 11 is 0. The highest BCUT2D eigenvalue weighted by Gasteiger charge is 2.07. The van der Waals surface area contributed by atoms with Crippen LogP contribution in [-0.2, 0) is 11.3 Å². The lowest BCUT2D eigenvalue weighted by Gasteiger charge is -2.13. The van der Waals surface area contributed by atoms with E-state index in [1.54, 1.807) is 12.1 Å². The van der Waals surface area contributed by atoms with Gasteiger partial charge in [-0.1, -0.05) is 35.9 Å². The fourth-order valence-corrected chi connectivity index (χ4v) is 2.53. The van der Waals surface area contributed by atoms with Crippen molar-refractivity contribution >= 4 is 17.3 Å². The van der Waals surface area contributed by atoms with Crippen LogP contribution in [-0.4, -0.2) is 12.5 Å². The quantitative estimate of drug-likeness (QED) is 0.635. The first kappa shape index (κ1) is 18.5. The van der Waals surface area contributed by atoms with Crippen LogP contribution in [0.25, 0.3) is 0 Å². The van der Waals surface area contributed by atoms with Gasteiger partial charge in [0.05, 0.1) is 0 Å². The van der Waals surface area contributed by atoms with E-state index in [2.05, 4.69) is 10.6 Å². The fraction of sp³-hybridized carbons (Fsp3) is 0.136. The summed E-state index contributed by atoms with van der Waals surface area (Å²) in [7, 11) is 0. The molecular formula is C22H21FN2O2. The Kier molecular flexibility index (Phi) is 6.05. The number of anilines is 2. The average Bonchev–Trinajstić information content (AvgIpc) is 2.68. The fourth-order valence-electron chi connectivity index (χ4n) is 2.53. The predicted molar refractivity (Wildman–Crippen MR) is 105 cm³/mol. The molecule has 0 bridgehead atoms. The van der Waals surface area contributed by atoms with Gasteiger partial charge in [0.25, 0.3) is 5.91 Å². The van der Waals surface area contributed by atoms with E-state index in [1.165, 1.54) is 12.1 Å². The van der Waals surface area contributed by atoms with Crippen molar-refractivity contribution in [1.29, 1.82) is 0 Å². The number of ether oxygens (including phenoxy) is 1. The molecule has 27 heavy (non-hydrogen) atoms. The van der Waals surface area contributed by atoms with Crippen molar-refractivity contribution in [2.75, 3.05) is 17.2 Å². The van der Waals surface area contributed by atoms with Crippen molar-refractivity contribution in [2.24, 2.45) is 0 Å². The van der Waals surface area contributed by atoms with Crippen molar-refractivity contribution in [3.8, 4) is 5.75 Å². The second-order valence-corrected chi connectivity index (χ2v) is 6.17. The SMILES string of the molecule is Cc1ccc(NC(=O)COc2ccccc2CNc2ccc(F)cc2)cc1. The third-order valence-electron chi connectivity index (χ3n) is 3.99. The van der Waals surface area contributed by atoms with Gasteiger partial charge in [-0.05, 0) is 49.4 Å². The van der Waals surface area contributed by atoms with Crippen LogP contribution in [0.3, 0.4) is 0 Å². The molecule has 0 saturated carbocycles. The number of carbonyl (C=O) groups excluding carboxylic acids is 1. The molecule has 1 amide bonds. The van der Waals surface area contributed by atoms with Crippen LogP contribution in [0, 0.1) is 12.7 Å². The summed E-state index contributed by atoms with van der Waals surface area (Å²) in [6.07, 6.45) is 0. The molecule has 3 aromatic rings. The van der Waals surface area contributed by atoms with Gasteiger partial charge in [0.2, 0.25) is 0 Å². The third-order valence-corrected chi connectivity index (χ3v) is 3.99. The van der Waals surface area contributed by atoms with E-state index >= 15 is 0 Å². The maximum atomic E-state index is 13.0. The Balaban J connectivity index is 1.56. The number of para-hydroxylation sites is 1. The standard InChI is InChI=1S/C22H21FN2O2/c1-16-6-10-20(11-7-16)25-22(26)15-27-21-5-3-2-4-17(21)14-24-19-12-8-18(23)9-13-19/h2-13,24H,14-15H2,1H3,(H,25,26). The number of halogens is 1. The minimum absolute atomic E-state index is 0.0819. The molecule has 3 aromatic carbocycles. The van der Waals surface area contributed by atoms with Crippen LogP contribution in [0.2, 0.25) is 0 Å². The smallest absolute Gasteiger partial charge is 0.262 e. The number of amides is 1. The predicted octanol–water partition coefficient (Wildman–Crippen LogP) is 4.76. The van der Waals surface area contributed by atoms with Crippen molar-refractivity contribution in [1.82, 2.24) is 0 Å². The summed E-state index contributed by atoms with van der Waals surface area (Å²) in [5.41, 5.74) is 3.58. The normalized spacial score (nSPS) is 10.3. The van der Waals surface area contributed by atoms with Crippen LogP contribution in [0.1, 0.15) is 11.1 Å². The van der Waals surface area contributed by atoms with E-state index in [0.29, 0.717) is 12.3 Å². The van der Waals surface area contributed by atoms with Gasteiger partial charge in [-0.3, -0.25) is 4.79 Å². The van der Waals surface area contributed by atoms with Gasteiger partial charge >= 0.3 is 0 Å². The largest absolute Gasteiger partial charge is 0.483 e. The maximum absolute atomic E-state index is 13.0. The Hall–Kier alpha value is -3.34. The van der Waals surface area contributed by atoms with Gasteiger partial charge in [0.15, 0.2) is 6.61 Å². The molecule has 0 aromatic heterocycles. The molecule has 0 radical (unpaired) electrons. The highest BCUT2D eigenvalue weighted by Crippen LogP contribution is 2.20. The summed E-state index contributed by atoms with van der Waals surface area (Å²) in [6, 6.07) is 21.2. The van der Waals surface area contributed by atoms with Gasteiger partial charge in [0.1, 0.15) is 11.6 Å². The molecule has 0 fully saturated rings. The minimum Gasteiger partial charge on any atom is -0.483 e. The Bertz CT molecular complexity index is 893. The van der Waals surface area contributed by atoms with Gasteiger partial charge in [-0.15, -0.1) is 0 Å². The lowest BCUT2D eigenvalue weighted by atomic mass is 10.2. The van der Waals surface area contributed by atoms with Gasteiger partial charge < -0.3 is 15.4 Å². The van der Waals surface area contributed by atoms with E-state index in [-0.39, 0.29) is 18.3 Å². The number of benzene rings is 3. The third kappa shape index (κ3) is 5.57. The second-order valence-electron chi connectivity index (χ2n) is 6.17. The molecule has 3 rings (SSSR count).